The molecule has 3 nitrogen and oxygen atoms in total. The number of halogens is 4. The normalized spacial score (nSPS) is 18.2. The zero-order chi connectivity index (χ0) is 16.2. The minimum absolute atomic E-state index is 0.0380. The zero-order valence-electron chi connectivity index (χ0n) is 12.4. The fourth-order valence-electron chi connectivity index (χ4n) is 2.79. The van der Waals surface area contributed by atoms with Crippen molar-refractivity contribution in [1.29, 1.82) is 0 Å². The van der Waals surface area contributed by atoms with Crippen molar-refractivity contribution in [2.24, 2.45) is 0 Å². The third kappa shape index (κ3) is 4.86. The molecule has 1 saturated heterocycles. The van der Waals surface area contributed by atoms with Gasteiger partial charge in [-0.1, -0.05) is 15.9 Å². The number of hydrogen-bond acceptors (Lipinski definition) is 3. The predicted octanol–water partition coefficient (Wildman–Crippen LogP) is 3.75. The minimum Gasteiger partial charge on any atom is -0.496 e. The third-order valence-electron chi connectivity index (χ3n) is 3.84. The summed E-state index contributed by atoms with van der Waals surface area (Å²) >= 11 is 3.40. The summed E-state index contributed by atoms with van der Waals surface area (Å²) in [5, 5.41) is 3.23. The molecule has 1 aliphatic heterocycles. The summed E-state index contributed by atoms with van der Waals surface area (Å²) < 4.78 is 44.3. The van der Waals surface area contributed by atoms with E-state index in [1.165, 1.54) is 0 Å². The van der Waals surface area contributed by atoms with Crippen LogP contribution in [0.3, 0.4) is 0 Å². The molecule has 0 unspecified atom stereocenters. The molecule has 0 amide bonds. The van der Waals surface area contributed by atoms with E-state index < -0.39 is 12.6 Å². The average Bonchev–Trinajstić information content (AvgIpc) is 2.48. The number of rotatable bonds is 5. The number of benzene rings is 1. The van der Waals surface area contributed by atoms with Gasteiger partial charge in [0.2, 0.25) is 0 Å². The number of hydrogen-bond donors (Lipinski definition) is 1. The summed E-state index contributed by atoms with van der Waals surface area (Å²) in [4.78, 5) is 2.10. The van der Waals surface area contributed by atoms with Gasteiger partial charge in [0.25, 0.3) is 0 Å². The first-order chi connectivity index (χ1) is 10.4. The summed E-state index contributed by atoms with van der Waals surface area (Å²) in [5.74, 6) is 0.633. The van der Waals surface area contributed by atoms with Gasteiger partial charge >= 0.3 is 6.18 Å². The van der Waals surface area contributed by atoms with E-state index >= 15 is 0 Å². The zero-order valence-corrected chi connectivity index (χ0v) is 14.0. The quantitative estimate of drug-likeness (QED) is 0.841. The molecule has 7 heteroatoms. The maximum atomic E-state index is 12.7. The molecule has 0 bridgehead atoms. The molecule has 1 atom stereocenters. The van der Waals surface area contributed by atoms with Crippen LogP contribution in [0.2, 0.25) is 0 Å². The van der Waals surface area contributed by atoms with Crippen LogP contribution >= 0.6 is 15.9 Å². The Kier molecular flexibility index (Phi) is 6.11. The minimum atomic E-state index is -4.15. The lowest BCUT2D eigenvalue weighted by Crippen LogP contribution is -2.45. The van der Waals surface area contributed by atoms with Crippen LogP contribution in [-0.4, -0.2) is 44.4 Å². The summed E-state index contributed by atoms with van der Waals surface area (Å²) in [5.41, 5.74) is 0.808. The number of nitrogens with one attached hydrogen (secondary N) is 1. The van der Waals surface area contributed by atoms with Crippen molar-refractivity contribution in [1.82, 2.24) is 10.2 Å². The van der Waals surface area contributed by atoms with E-state index in [0.717, 1.165) is 36.2 Å². The molecule has 0 aliphatic carbocycles. The molecule has 2 rings (SSSR count). The highest BCUT2D eigenvalue weighted by Gasteiger charge is 2.32. The van der Waals surface area contributed by atoms with E-state index in [1.54, 1.807) is 13.2 Å². The van der Waals surface area contributed by atoms with Crippen molar-refractivity contribution in [2.45, 2.75) is 25.1 Å². The number of piperazine rings is 1. The van der Waals surface area contributed by atoms with Crippen molar-refractivity contribution >= 4 is 15.9 Å². The molecule has 124 valence electrons. The predicted molar refractivity (Wildman–Crippen MR) is 83.2 cm³/mol. The van der Waals surface area contributed by atoms with Gasteiger partial charge in [-0.15, -0.1) is 0 Å². The lowest BCUT2D eigenvalue weighted by Gasteiger charge is -2.36. The average molecular weight is 381 g/mol. The maximum absolute atomic E-state index is 12.7. The maximum Gasteiger partial charge on any atom is 0.389 e. The van der Waals surface area contributed by atoms with Gasteiger partial charge in [0.05, 0.1) is 7.11 Å². The number of nitrogens with zero attached hydrogens (tertiary/aromatic N) is 1. The van der Waals surface area contributed by atoms with Gasteiger partial charge in [-0.2, -0.15) is 13.2 Å². The highest BCUT2D eigenvalue weighted by Crippen LogP contribution is 2.37. The van der Waals surface area contributed by atoms with Crippen molar-refractivity contribution in [3.8, 4) is 5.75 Å². The number of alkyl halides is 3. The van der Waals surface area contributed by atoms with Crippen LogP contribution in [-0.2, 0) is 0 Å². The van der Waals surface area contributed by atoms with Crippen LogP contribution in [0.25, 0.3) is 0 Å². The first kappa shape index (κ1) is 17.6. The second-order valence-electron chi connectivity index (χ2n) is 5.34. The van der Waals surface area contributed by atoms with Crippen molar-refractivity contribution in [3.63, 3.8) is 0 Å². The first-order valence-electron chi connectivity index (χ1n) is 7.25. The van der Waals surface area contributed by atoms with E-state index in [2.05, 4.69) is 26.1 Å². The summed E-state index contributed by atoms with van der Waals surface area (Å²) in [6, 6.07) is 5.20. The van der Waals surface area contributed by atoms with E-state index in [9.17, 15) is 13.2 Å². The molecule has 0 radical (unpaired) electrons. The lowest BCUT2D eigenvalue weighted by molar-refractivity contribution is -0.138. The van der Waals surface area contributed by atoms with Gasteiger partial charge in [0.15, 0.2) is 0 Å². The van der Waals surface area contributed by atoms with Gasteiger partial charge in [-0.25, -0.2) is 0 Å². The molecule has 0 spiro atoms. The summed E-state index contributed by atoms with van der Waals surface area (Å²) in [7, 11) is 1.55. The molecule has 1 N–H and O–H groups in total. The Balaban J connectivity index is 2.28. The van der Waals surface area contributed by atoms with Gasteiger partial charge in [-0.3, -0.25) is 4.90 Å². The van der Waals surface area contributed by atoms with E-state index in [-0.39, 0.29) is 12.5 Å². The molecule has 1 aromatic carbocycles. The molecule has 1 heterocycles. The largest absolute Gasteiger partial charge is 0.496 e. The third-order valence-corrected chi connectivity index (χ3v) is 4.34. The molecule has 1 aliphatic rings. The molecular formula is C15H20BrF3N2O. The molecule has 22 heavy (non-hydrogen) atoms. The first-order valence-corrected chi connectivity index (χ1v) is 8.05. The van der Waals surface area contributed by atoms with E-state index in [0.29, 0.717) is 5.75 Å². The molecule has 1 aromatic rings. The SMILES string of the molecule is COc1ccc(Br)cc1[C@H](CCC(F)(F)F)N1CCNCC1. The monoisotopic (exact) mass is 380 g/mol. The van der Waals surface area contributed by atoms with Crippen LogP contribution in [0.15, 0.2) is 22.7 Å². The summed E-state index contributed by atoms with van der Waals surface area (Å²) in [6.45, 7) is 3.05. The standard InChI is InChI=1S/C15H20BrF3N2O/c1-22-14-3-2-11(16)10-12(14)13(4-5-15(17,18)19)21-8-6-20-7-9-21/h2-3,10,13,20H,4-9H2,1H3/t13-/m0/s1. The molecular weight excluding hydrogens is 361 g/mol. The van der Waals surface area contributed by atoms with Crippen LogP contribution < -0.4 is 10.1 Å². The van der Waals surface area contributed by atoms with Crippen LogP contribution in [0, 0.1) is 0 Å². The molecule has 1 fully saturated rings. The second-order valence-corrected chi connectivity index (χ2v) is 6.26. The Morgan fingerprint density at radius 1 is 1.32 bits per heavy atom. The molecule has 0 aromatic heterocycles. The number of ether oxygens (including phenoxy) is 1. The van der Waals surface area contributed by atoms with Gasteiger partial charge in [-0.05, 0) is 24.6 Å². The Morgan fingerprint density at radius 3 is 2.59 bits per heavy atom. The Labute approximate surface area is 136 Å². The van der Waals surface area contributed by atoms with Crippen LogP contribution in [0.5, 0.6) is 5.75 Å². The number of methoxy groups -OCH3 is 1. The Morgan fingerprint density at radius 2 is 2.00 bits per heavy atom. The highest BCUT2D eigenvalue weighted by atomic mass is 79.9. The fraction of sp³-hybridized carbons (Fsp3) is 0.600. The Bertz CT molecular complexity index is 490. The van der Waals surface area contributed by atoms with Crippen LogP contribution in [0.4, 0.5) is 13.2 Å². The van der Waals surface area contributed by atoms with E-state index in [4.69, 9.17) is 4.74 Å². The molecule has 0 saturated carbocycles. The summed E-state index contributed by atoms with van der Waals surface area (Å²) in [6.07, 6.45) is -4.90. The topological polar surface area (TPSA) is 24.5 Å². The smallest absolute Gasteiger partial charge is 0.389 e. The second kappa shape index (κ2) is 7.66. The van der Waals surface area contributed by atoms with Gasteiger partial charge in [0.1, 0.15) is 5.75 Å². The highest BCUT2D eigenvalue weighted by molar-refractivity contribution is 9.10. The Hall–Kier alpha value is -0.790. The van der Waals surface area contributed by atoms with E-state index in [1.807, 2.05) is 12.1 Å². The van der Waals surface area contributed by atoms with Gasteiger partial charge < -0.3 is 10.1 Å². The van der Waals surface area contributed by atoms with Crippen LogP contribution in [0.1, 0.15) is 24.4 Å². The van der Waals surface area contributed by atoms with Crippen molar-refractivity contribution < 1.29 is 17.9 Å². The van der Waals surface area contributed by atoms with Gasteiger partial charge in [0, 0.05) is 48.7 Å². The lowest BCUT2D eigenvalue weighted by atomic mass is 9.98. The van der Waals surface area contributed by atoms with Crippen molar-refractivity contribution in [3.05, 3.63) is 28.2 Å². The fourth-order valence-corrected chi connectivity index (χ4v) is 3.17. The van der Waals surface area contributed by atoms with Crippen molar-refractivity contribution in [2.75, 3.05) is 33.3 Å².